The van der Waals surface area contributed by atoms with Gasteiger partial charge in [0.2, 0.25) is 0 Å². The average Bonchev–Trinajstić information content (AvgIpc) is 3.05. The molecule has 22 heavy (non-hydrogen) atoms. The molecule has 1 aromatic carbocycles. The molecule has 1 aliphatic rings. The molecule has 0 amide bonds. The van der Waals surface area contributed by atoms with Crippen LogP contribution >= 0.6 is 22.7 Å². The molecule has 112 valence electrons. The number of hydrogen-bond acceptors (Lipinski definition) is 6. The average molecular weight is 329 g/mol. The number of benzene rings is 1. The van der Waals surface area contributed by atoms with Gasteiger partial charge >= 0.3 is 0 Å². The van der Waals surface area contributed by atoms with E-state index in [-0.39, 0.29) is 4.74 Å². The molecule has 0 saturated carbocycles. The van der Waals surface area contributed by atoms with Crippen molar-refractivity contribution in [3.8, 4) is 0 Å². The largest absolute Gasteiger partial charge is 0.368 e. The SMILES string of the molecule is O=c1sc(N2CCN(c3ccccc3)CC2)nc2ccsc12. The standard InChI is InChI=1S/C16H15N3OS2/c20-15-14-13(6-11-21-14)17-16(22-15)19-9-7-18(8-10-19)12-4-2-1-3-5-12/h1-6,11H,7-10H2. The number of aromatic nitrogens is 1. The summed E-state index contributed by atoms with van der Waals surface area (Å²) in [5.41, 5.74) is 2.09. The molecule has 0 unspecified atom stereocenters. The van der Waals surface area contributed by atoms with Gasteiger partial charge in [-0.2, -0.15) is 0 Å². The highest BCUT2D eigenvalue weighted by Crippen LogP contribution is 2.24. The number of rotatable bonds is 2. The Morgan fingerprint density at radius 1 is 0.955 bits per heavy atom. The van der Waals surface area contributed by atoms with E-state index in [1.54, 1.807) is 0 Å². The molecule has 0 N–H and O–H groups in total. The van der Waals surface area contributed by atoms with Gasteiger partial charge in [-0.1, -0.05) is 29.5 Å². The molecule has 0 atom stereocenters. The fraction of sp³-hybridized carbons (Fsp3) is 0.250. The van der Waals surface area contributed by atoms with E-state index in [4.69, 9.17) is 0 Å². The third-order valence-corrected chi connectivity index (χ3v) is 5.85. The Labute approximate surface area is 136 Å². The molecule has 0 radical (unpaired) electrons. The van der Waals surface area contributed by atoms with Gasteiger partial charge in [0.1, 0.15) is 4.70 Å². The Morgan fingerprint density at radius 3 is 2.45 bits per heavy atom. The maximum atomic E-state index is 12.1. The molecular weight excluding hydrogens is 314 g/mol. The predicted molar refractivity (Wildman–Crippen MR) is 94.6 cm³/mol. The van der Waals surface area contributed by atoms with E-state index in [1.165, 1.54) is 28.4 Å². The van der Waals surface area contributed by atoms with Crippen molar-refractivity contribution in [2.24, 2.45) is 0 Å². The zero-order chi connectivity index (χ0) is 14.9. The van der Waals surface area contributed by atoms with E-state index >= 15 is 0 Å². The molecule has 1 aliphatic heterocycles. The number of fused-ring (bicyclic) bond motifs is 1. The minimum absolute atomic E-state index is 0.125. The van der Waals surface area contributed by atoms with Gasteiger partial charge in [0, 0.05) is 31.9 Å². The summed E-state index contributed by atoms with van der Waals surface area (Å²) in [6, 6.07) is 12.4. The van der Waals surface area contributed by atoms with Crippen LogP contribution in [-0.2, 0) is 0 Å². The number of piperazine rings is 1. The Morgan fingerprint density at radius 2 is 1.68 bits per heavy atom. The van der Waals surface area contributed by atoms with E-state index < -0.39 is 0 Å². The molecule has 3 aromatic rings. The molecule has 1 saturated heterocycles. The highest BCUT2D eigenvalue weighted by molar-refractivity contribution is 7.21. The van der Waals surface area contributed by atoms with Crippen molar-refractivity contribution in [1.29, 1.82) is 0 Å². The van der Waals surface area contributed by atoms with E-state index in [0.717, 1.165) is 41.5 Å². The fourth-order valence-electron chi connectivity index (χ4n) is 2.73. The summed E-state index contributed by atoms with van der Waals surface area (Å²) in [6.07, 6.45) is 0. The highest BCUT2D eigenvalue weighted by Gasteiger charge is 2.20. The van der Waals surface area contributed by atoms with Gasteiger partial charge in [-0.15, -0.1) is 11.3 Å². The Hall–Kier alpha value is -1.92. The van der Waals surface area contributed by atoms with Gasteiger partial charge < -0.3 is 9.80 Å². The smallest absolute Gasteiger partial charge is 0.255 e. The lowest BCUT2D eigenvalue weighted by atomic mass is 10.2. The first-order valence-electron chi connectivity index (χ1n) is 7.24. The van der Waals surface area contributed by atoms with E-state index in [0.29, 0.717) is 0 Å². The molecule has 6 heteroatoms. The zero-order valence-electron chi connectivity index (χ0n) is 11.9. The van der Waals surface area contributed by atoms with Crippen molar-refractivity contribution in [1.82, 2.24) is 4.98 Å². The minimum Gasteiger partial charge on any atom is -0.368 e. The molecule has 0 bridgehead atoms. The first-order chi connectivity index (χ1) is 10.8. The molecule has 4 nitrogen and oxygen atoms in total. The Balaban J connectivity index is 1.54. The summed E-state index contributed by atoms with van der Waals surface area (Å²) >= 11 is 2.74. The predicted octanol–water partition coefficient (Wildman–Crippen LogP) is 3.04. The maximum absolute atomic E-state index is 12.1. The number of thiophene rings is 1. The van der Waals surface area contributed by atoms with E-state index in [2.05, 4.69) is 39.0 Å². The van der Waals surface area contributed by atoms with Gasteiger partial charge in [0.05, 0.1) is 5.52 Å². The second-order valence-corrected chi connectivity index (χ2v) is 7.08. The highest BCUT2D eigenvalue weighted by atomic mass is 32.1. The number of nitrogens with zero attached hydrogens (tertiary/aromatic N) is 3. The Kier molecular flexibility index (Phi) is 3.56. The van der Waals surface area contributed by atoms with Crippen molar-refractivity contribution < 1.29 is 0 Å². The van der Waals surface area contributed by atoms with Crippen LogP contribution in [0.2, 0.25) is 0 Å². The summed E-state index contributed by atoms with van der Waals surface area (Å²) in [4.78, 5) is 21.4. The summed E-state index contributed by atoms with van der Waals surface area (Å²) in [6.45, 7) is 3.70. The molecule has 2 aromatic heterocycles. The topological polar surface area (TPSA) is 36.4 Å². The first kappa shape index (κ1) is 13.7. The van der Waals surface area contributed by atoms with Crippen LogP contribution in [0.5, 0.6) is 0 Å². The lowest BCUT2D eigenvalue weighted by Gasteiger charge is -2.36. The van der Waals surface area contributed by atoms with E-state index in [9.17, 15) is 4.79 Å². The third kappa shape index (κ3) is 2.48. The van der Waals surface area contributed by atoms with Crippen molar-refractivity contribution in [3.05, 3.63) is 51.3 Å². The normalized spacial score (nSPS) is 15.5. The second-order valence-electron chi connectivity index (χ2n) is 5.23. The van der Waals surface area contributed by atoms with Crippen LogP contribution in [0.25, 0.3) is 10.2 Å². The number of hydrogen-bond donors (Lipinski definition) is 0. The van der Waals surface area contributed by atoms with Crippen molar-refractivity contribution >= 4 is 43.7 Å². The van der Waals surface area contributed by atoms with Crippen molar-refractivity contribution in [2.75, 3.05) is 36.0 Å². The summed E-state index contributed by atoms with van der Waals surface area (Å²) < 4.78 is 0.900. The quantitative estimate of drug-likeness (QED) is 0.724. The first-order valence-corrected chi connectivity index (χ1v) is 8.94. The fourth-order valence-corrected chi connectivity index (χ4v) is 4.48. The lowest BCUT2D eigenvalue weighted by molar-refractivity contribution is 0.652. The number of para-hydroxylation sites is 1. The van der Waals surface area contributed by atoms with E-state index in [1.807, 2.05) is 17.5 Å². The van der Waals surface area contributed by atoms with Gasteiger partial charge in [-0.25, -0.2) is 4.98 Å². The Bertz CT molecular complexity index is 835. The molecular formula is C16H15N3OS2. The van der Waals surface area contributed by atoms with Gasteiger partial charge in [0.25, 0.3) is 4.74 Å². The van der Waals surface area contributed by atoms with Gasteiger partial charge in [0.15, 0.2) is 5.13 Å². The molecule has 1 fully saturated rings. The monoisotopic (exact) mass is 329 g/mol. The van der Waals surface area contributed by atoms with Crippen LogP contribution in [0, 0.1) is 0 Å². The van der Waals surface area contributed by atoms with Crippen LogP contribution < -0.4 is 14.5 Å². The maximum Gasteiger partial charge on any atom is 0.255 e. The summed E-state index contributed by atoms with van der Waals surface area (Å²) in [5, 5.41) is 2.78. The molecule has 0 aliphatic carbocycles. The van der Waals surface area contributed by atoms with Crippen LogP contribution in [0.15, 0.2) is 46.6 Å². The zero-order valence-corrected chi connectivity index (χ0v) is 13.6. The summed E-state index contributed by atoms with van der Waals surface area (Å²) in [7, 11) is 0. The minimum atomic E-state index is 0.125. The van der Waals surface area contributed by atoms with Crippen LogP contribution in [0.3, 0.4) is 0 Å². The van der Waals surface area contributed by atoms with Crippen LogP contribution in [0.1, 0.15) is 0 Å². The van der Waals surface area contributed by atoms with Gasteiger partial charge in [-0.3, -0.25) is 4.79 Å². The number of anilines is 2. The van der Waals surface area contributed by atoms with Crippen LogP contribution in [0.4, 0.5) is 10.8 Å². The summed E-state index contributed by atoms with van der Waals surface area (Å²) in [5.74, 6) is 0. The molecule has 0 spiro atoms. The lowest BCUT2D eigenvalue weighted by Crippen LogP contribution is -2.46. The van der Waals surface area contributed by atoms with Crippen molar-refractivity contribution in [3.63, 3.8) is 0 Å². The second kappa shape index (κ2) is 5.70. The molecule has 3 heterocycles. The third-order valence-electron chi connectivity index (χ3n) is 3.90. The van der Waals surface area contributed by atoms with Crippen molar-refractivity contribution in [2.45, 2.75) is 0 Å². The van der Waals surface area contributed by atoms with Gasteiger partial charge in [-0.05, 0) is 23.6 Å². The molecule has 4 rings (SSSR count). The van der Waals surface area contributed by atoms with Crippen LogP contribution in [-0.4, -0.2) is 31.2 Å².